The molecule has 2 N–H and O–H groups in total. The Hall–Kier alpha value is -0.610. The van der Waals surface area contributed by atoms with Gasteiger partial charge in [-0.15, -0.1) is 0 Å². The largest absolute Gasteiger partial charge is 0.375 e. The third-order valence-corrected chi connectivity index (χ3v) is 3.83. The second kappa shape index (κ2) is 5.83. The molecule has 0 radical (unpaired) electrons. The zero-order valence-electron chi connectivity index (χ0n) is 10.7. The summed E-state index contributed by atoms with van der Waals surface area (Å²) in [5.41, 5.74) is 5.61. The predicted molar refractivity (Wildman–Crippen MR) is 66.6 cm³/mol. The van der Waals surface area contributed by atoms with Crippen LogP contribution in [0.3, 0.4) is 0 Å². The second-order valence-electron chi connectivity index (χ2n) is 5.36. The van der Waals surface area contributed by atoms with Crippen LogP contribution in [0.2, 0.25) is 0 Å². The summed E-state index contributed by atoms with van der Waals surface area (Å²) < 4.78 is 6.07. The van der Waals surface area contributed by atoms with Crippen LogP contribution < -0.4 is 5.73 Å². The molecule has 0 bridgehead atoms. The van der Waals surface area contributed by atoms with Crippen molar-refractivity contribution in [2.75, 3.05) is 13.1 Å². The van der Waals surface area contributed by atoms with Gasteiger partial charge in [0.2, 0.25) is 5.91 Å². The molecule has 1 aliphatic heterocycles. The Morgan fingerprint density at radius 1 is 1.18 bits per heavy atom. The van der Waals surface area contributed by atoms with Crippen LogP contribution in [0.1, 0.15) is 45.4 Å². The predicted octanol–water partition coefficient (Wildman–Crippen LogP) is 1.28. The van der Waals surface area contributed by atoms with E-state index in [2.05, 4.69) is 0 Å². The third kappa shape index (κ3) is 3.42. The molecule has 1 saturated carbocycles. The van der Waals surface area contributed by atoms with E-state index >= 15 is 0 Å². The first kappa shape index (κ1) is 12.8. The quantitative estimate of drug-likeness (QED) is 0.808. The Morgan fingerprint density at radius 2 is 1.71 bits per heavy atom. The molecule has 4 heteroatoms. The standard InChI is InChI=1S/C13H24N2O2/c1-10(14)13(16)15-8-6-12(7-9-15)17-11-4-2-3-5-11/h10-12H,2-9,14H2,1H3/t10-/m0/s1. The van der Waals surface area contributed by atoms with Crippen LogP contribution in [0.4, 0.5) is 0 Å². The Bertz CT molecular complexity index is 254. The van der Waals surface area contributed by atoms with E-state index < -0.39 is 0 Å². The first-order valence-corrected chi connectivity index (χ1v) is 6.86. The van der Waals surface area contributed by atoms with Gasteiger partial charge in [0.1, 0.15) is 0 Å². The van der Waals surface area contributed by atoms with E-state index in [1.165, 1.54) is 25.7 Å². The summed E-state index contributed by atoms with van der Waals surface area (Å²) in [6.07, 6.45) is 7.84. The average Bonchev–Trinajstić information content (AvgIpc) is 2.82. The fourth-order valence-corrected chi connectivity index (χ4v) is 2.80. The van der Waals surface area contributed by atoms with Gasteiger partial charge in [0.15, 0.2) is 0 Å². The lowest BCUT2D eigenvalue weighted by molar-refractivity contribution is -0.135. The third-order valence-electron chi connectivity index (χ3n) is 3.83. The molecule has 0 spiro atoms. The SMILES string of the molecule is C[C@H](N)C(=O)N1CCC(OC2CCCC2)CC1. The number of ether oxygens (including phenoxy) is 1. The minimum absolute atomic E-state index is 0.0734. The molecule has 2 fully saturated rings. The number of rotatable bonds is 3. The van der Waals surface area contributed by atoms with Crippen molar-refractivity contribution < 1.29 is 9.53 Å². The van der Waals surface area contributed by atoms with Crippen LogP contribution in [0.25, 0.3) is 0 Å². The van der Waals surface area contributed by atoms with Gasteiger partial charge in [-0.3, -0.25) is 4.79 Å². The highest BCUT2D eigenvalue weighted by molar-refractivity contribution is 5.81. The fourth-order valence-electron chi connectivity index (χ4n) is 2.80. The van der Waals surface area contributed by atoms with Crippen LogP contribution in [0, 0.1) is 0 Å². The van der Waals surface area contributed by atoms with E-state index in [4.69, 9.17) is 10.5 Å². The lowest BCUT2D eigenvalue weighted by Gasteiger charge is -2.34. The molecule has 1 atom stereocenters. The zero-order valence-corrected chi connectivity index (χ0v) is 10.7. The van der Waals surface area contributed by atoms with Gasteiger partial charge >= 0.3 is 0 Å². The highest BCUT2D eigenvalue weighted by atomic mass is 16.5. The van der Waals surface area contributed by atoms with Gasteiger partial charge in [0, 0.05) is 13.1 Å². The van der Waals surface area contributed by atoms with E-state index in [1.54, 1.807) is 6.92 Å². The molecule has 2 aliphatic rings. The van der Waals surface area contributed by atoms with Gasteiger partial charge in [-0.1, -0.05) is 12.8 Å². The van der Waals surface area contributed by atoms with Crippen molar-refractivity contribution >= 4 is 5.91 Å². The number of carbonyl (C=O) groups is 1. The van der Waals surface area contributed by atoms with Gasteiger partial charge < -0.3 is 15.4 Å². The zero-order chi connectivity index (χ0) is 12.3. The molecule has 17 heavy (non-hydrogen) atoms. The molecule has 0 aromatic rings. The molecular formula is C13H24N2O2. The monoisotopic (exact) mass is 240 g/mol. The molecule has 0 aromatic carbocycles. The van der Waals surface area contributed by atoms with E-state index in [1.807, 2.05) is 4.90 Å². The van der Waals surface area contributed by atoms with Crippen molar-refractivity contribution in [1.29, 1.82) is 0 Å². The minimum Gasteiger partial charge on any atom is -0.375 e. The lowest BCUT2D eigenvalue weighted by Crippen LogP contribution is -2.47. The van der Waals surface area contributed by atoms with E-state index in [0.717, 1.165) is 25.9 Å². The molecule has 4 nitrogen and oxygen atoms in total. The van der Waals surface area contributed by atoms with Crippen molar-refractivity contribution in [3.05, 3.63) is 0 Å². The van der Waals surface area contributed by atoms with Gasteiger partial charge in [-0.2, -0.15) is 0 Å². The lowest BCUT2D eigenvalue weighted by atomic mass is 10.1. The van der Waals surface area contributed by atoms with Gasteiger partial charge in [-0.25, -0.2) is 0 Å². The van der Waals surface area contributed by atoms with E-state index in [0.29, 0.717) is 12.2 Å². The molecule has 1 saturated heterocycles. The number of likely N-dealkylation sites (tertiary alicyclic amines) is 1. The summed E-state index contributed by atoms with van der Waals surface area (Å²) in [5, 5.41) is 0. The Labute approximate surface area is 103 Å². The molecular weight excluding hydrogens is 216 g/mol. The number of piperidine rings is 1. The summed E-state index contributed by atoms with van der Waals surface area (Å²) in [6.45, 7) is 3.36. The smallest absolute Gasteiger partial charge is 0.239 e. The van der Waals surface area contributed by atoms with Gasteiger partial charge in [0.25, 0.3) is 0 Å². The average molecular weight is 240 g/mol. The van der Waals surface area contributed by atoms with E-state index in [9.17, 15) is 4.79 Å². The number of hydrogen-bond acceptors (Lipinski definition) is 3. The van der Waals surface area contributed by atoms with Gasteiger partial charge in [-0.05, 0) is 32.6 Å². The molecule has 1 aliphatic carbocycles. The molecule has 98 valence electrons. The molecule has 1 heterocycles. The maximum absolute atomic E-state index is 11.7. The highest BCUT2D eigenvalue weighted by Gasteiger charge is 2.27. The fraction of sp³-hybridized carbons (Fsp3) is 0.923. The summed E-state index contributed by atoms with van der Waals surface area (Å²) in [7, 11) is 0. The second-order valence-corrected chi connectivity index (χ2v) is 5.36. The van der Waals surface area contributed by atoms with Crippen molar-refractivity contribution in [1.82, 2.24) is 4.90 Å². The van der Waals surface area contributed by atoms with E-state index in [-0.39, 0.29) is 11.9 Å². The van der Waals surface area contributed by atoms with Crippen LogP contribution in [0.15, 0.2) is 0 Å². The summed E-state index contributed by atoms with van der Waals surface area (Å²) in [6, 6.07) is -0.373. The van der Waals surface area contributed by atoms with Crippen LogP contribution in [-0.2, 0) is 9.53 Å². The summed E-state index contributed by atoms with van der Waals surface area (Å²) >= 11 is 0. The highest BCUT2D eigenvalue weighted by Crippen LogP contribution is 2.25. The van der Waals surface area contributed by atoms with Crippen molar-refractivity contribution in [2.45, 2.75) is 63.7 Å². The maximum atomic E-state index is 11.7. The van der Waals surface area contributed by atoms with Crippen molar-refractivity contribution in [3.63, 3.8) is 0 Å². The van der Waals surface area contributed by atoms with Crippen LogP contribution in [-0.4, -0.2) is 42.1 Å². The summed E-state index contributed by atoms with van der Waals surface area (Å²) in [5.74, 6) is 0.0734. The molecule has 2 rings (SSSR count). The Kier molecular flexibility index (Phi) is 4.40. The maximum Gasteiger partial charge on any atom is 0.239 e. The molecule has 1 amide bonds. The topological polar surface area (TPSA) is 55.6 Å². The number of hydrogen-bond donors (Lipinski definition) is 1. The Morgan fingerprint density at radius 3 is 2.24 bits per heavy atom. The normalized spacial score (nSPS) is 25.2. The minimum atomic E-state index is -0.373. The number of nitrogens with two attached hydrogens (primary N) is 1. The van der Waals surface area contributed by atoms with Gasteiger partial charge in [0.05, 0.1) is 18.2 Å². The summed E-state index contributed by atoms with van der Waals surface area (Å²) in [4.78, 5) is 13.6. The van der Waals surface area contributed by atoms with Crippen molar-refractivity contribution in [3.8, 4) is 0 Å². The first-order valence-electron chi connectivity index (χ1n) is 6.86. The molecule has 0 unspecified atom stereocenters. The number of amides is 1. The number of carbonyl (C=O) groups excluding carboxylic acids is 1. The first-order chi connectivity index (χ1) is 8.16. The Balaban J connectivity index is 1.72. The van der Waals surface area contributed by atoms with Crippen LogP contribution in [0.5, 0.6) is 0 Å². The molecule has 0 aromatic heterocycles. The van der Waals surface area contributed by atoms with Crippen LogP contribution >= 0.6 is 0 Å². The number of nitrogens with zero attached hydrogens (tertiary/aromatic N) is 1. The van der Waals surface area contributed by atoms with Crippen molar-refractivity contribution in [2.24, 2.45) is 5.73 Å².